The molecule has 0 saturated heterocycles. The van der Waals surface area contributed by atoms with Gasteiger partial charge in [0.25, 0.3) is 0 Å². The maximum Gasteiger partial charge on any atom is 0.224 e. The number of nitrogens with one attached hydrogen (secondary N) is 1. The van der Waals surface area contributed by atoms with Crippen molar-refractivity contribution < 1.29 is 9.90 Å². The van der Waals surface area contributed by atoms with Crippen LogP contribution in [0.15, 0.2) is 60.9 Å². The fourth-order valence-electron chi connectivity index (χ4n) is 2.61. The molecule has 0 atom stereocenters. The third kappa shape index (κ3) is 4.66. The molecule has 1 aromatic heterocycles. The van der Waals surface area contributed by atoms with Crippen molar-refractivity contribution in [2.75, 3.05) is 5.32 Å². The Morgan fingerprint density at radius 1 is 1.04 bits per heavy atom. The zero-order valence-corrected chi connectivity index (χ0v) is 14.6. The van der Waals surface area contributed by atoms with Crippen LogP contribution in [0.1, 0.15) is 24.5 Å². The summed E-state index contributed by atoms with van der Waals surface area (Å²) in [5.74, 6) is 0.587. The van der Waals surface area contributed by atoms with Crippen LogP contribution in [0.3, 0.4) is 0 Å². The van der Waals surface area contributed by atoms with Crippen LogP contribution in [0.4, 0.5) is 5.69 Å². The first-order chi connectivity index (χ1) is 12.6. The third-order valence-electron chi connectivity index (χ3n) is 4.11. The smallest absolute Gasteiger partial charge is 0.224 e. The number of benzene rings is 2. The van der Waals surface area contributed by atoms with Gasteiger partial charge in [0.1, 0.15) is 5.75 Å². The second-order valence-electron chi connectivity index (χ2n) is 6.06. The zero-order valence-electron chi connectivity index (χ0n) is 14.6. The predicted molar refractivity (Wildman–Crippen MR) is 102 cm³/mol. The van der Waals surface area contributed by atoms with Crippen molar-refractivity contribution in [1.82, 2.24) is 9.97 Å². The number of phenolic OH excluding ortho intramolecular Hbond substituents is 1. The summed E-state index contributed by atoms with van der Waals surface area (Å²) in [7, 11) is 0. The van der Waals surface area contributed by atoms with Gasteiger partial charge >= 0.3 is 0 Å². The van der Waals surface area contributed by atoms with Crippen LogP contribution in [0.2, 0.25) is 0 Å². The Hall–Kier alpha value is -3.21. The van der Waals surface area contributed by atoms with E-state index >= 15 is 0 Å². The van der Waals surface area contributed by atoms with Gasteiger partial charge < -0.3 is 10.4 Å². The van der Waals surface area contributed by atoms with E-state index in [2.05, 4.69) is 46.5 Å². The van der Waals surface area contributed by atoms with Crippen LogP contribution in [0, 0.1) is 0 Å². The predicted octanol–water partition coefficient (Wildman–Crippen LogP) is 3.98. The average molecular weight is 347 g/mol. The molecule has 26 heavy (non-hydrogen) atoms. The van der Waals surface area contributed by atoms with E-state index in [4.69, 9.17) is 0 Å². The lowest BCUT2D eigenvalue weighted by atomic mass is 10.1. The molecule has 0 fully saturated rings. The first-order valence-corrected chi connectivity index (χ1v) is 8.63. The Balaban J connectivity index is 1.55. The topological polar surface area (TPSA) is 75.1 Å². The molecular weight excluding hydrogens is 326 g/mol. The minimum atomic E-state index is -0.0710. The standard InChI is InChI=1S/C21H21N3O2/c1-2-15-6-8-16(9-7-15)10-11-20(26)24-18-13-22-21(23-14-18)17-4-3-5-19(25)12-17/h3-9,12-14,25H,2,10-11H2,1H3,(H,24,26). The molecule has 2 N–H and O–H groups in total. The molecule has 0 aliphatic carbocycles. The van der Waals surface area contributed by atoms with E-state index in [1.807, 2.05) is 6.07 Å². The highest BCUT2D eigenvalue weighted by Crippen LogP contribution is 2.20. The quantitative estimate of drug-likeness (QED) is 0.707. The third-order valence-corrected chi connectivity index (χ3v) is 4.11. The lowest BCUT2D eigenvalue weighted by Crippen LogP contribution is -2.12. The van der Waals surface area contributed by atoms with Crippen LogP contribution in [-0.2, 0) is 17.6 Å². The number of carbonyl (C=O) groups is 1. The van der Waals surface area contributed by atoms with Crippen LogP contribution in [0.5, 0.6) is 5.75 Å². The van der Waals surface area contributed by atoms with Crippen molar-refractivity contribution in [3.8, 4) is 17.1 Å². The van der Waals surface area contributed by atoms with Gasteiger partial charge in [0.15, 0.2) is 5.82 Å². The van der Waals surface area contributed by atoms with E-state index in [1.54, 1.807) is 30.6 Å². The minimum absolute atomic E-state index is 0.0710. The lowest BCUT2D eigenvalue weighted by molar-refractivity contribution is -0.116. The first kappa shape index (κ1) is 17.6. The van der Waals surface area contributed by atoms with Gasteiger partial charge in [-0.05, 0) is 36.1 Å². The number of phenols is 1. The van der Waals surface area contributed by atoms with E-state index in [1.165, 1.54) is 5.56 Å². The molecule has 1 amide bonds. The number of aromatic nitrogens is 2. The van der Waals surface area contributed by atoms with Crippen molar-refractivity contribution in [1.29, 1.82) is 0 Å². The fourth-order valence-corrected chi connectivity index (χ4v) is 2.61. The van der Waals surface area contributed by atoms with Crippen LogP contribution in [0.25, 0.3) is 11.4 Å². The summed E-state index contributed by atoms with van der Waals surface area (Å²) in [5, 5.41) is 12.3. The Kier molecular flexibility index (Phi) is 5.59. The Labute approximate surface area is 152 Å². The minimum Gasteiger partial charge on any atom is -0.508 e. The molecule has 0 bridgehead atoms. The molecule has 5 heteroatoms. The number of carbonyl (C=O) groups excluding carboxylic acids is 1. The summed E-state index contributed by atoms with van der Waals surface area (Å²) in [6.45, 7) is 2.12. The van der Waals surface area contributed by atoms with E-state index in [0.717, 1.165) is 17.5 Å². The number of rotatable bonds is 6. The van der Waals surface area contributed by atoms with Crippen LogP contribution < -0.4 is 5.32 Å². The molecule has 132 valence electrons. The van der Waals surface area contributed by atoms with E-state index in [-0.39, 0.29) is 11.7 Å². The summed E-state index contributed by atoms with van der Waals surface area (Å²) in [4.78, 5) is 20.6. The van der Waals surface area contributed by atoms with Gasteiger partial charge in [0, 0.05) is 12.0 Å². The largest absolute Gasteiger partial charge is 0.508 e. The van der Waals surface area contributed by atoms with Crippen LogP contribution >= 0.6 is 0 Å². The van der Waals surface area contributed by atoms with Gasteiger partial charge in [-0.25, -0.2) is 9.97 Å². The van der Waals surface area contributed by atoms with Gasteiger partial charge in [-0.15, -0.1) is 0 Å². The molecule has 0 spiro atoms. The highest BCUT2D eigenvalue weighted by molar-refractivity contribution is 5.90. The number of aromatic hydroxyl groups is 1. The second-order valence-corrected chi connectivity index (χ2v) is 6.06. The Morgan fingerprint density at radius 3 is 2.38 bits per heavy atom. The molecule has 5 nitrogen and oxygen atoms in total. The molecule has 0 radical (unpaired) electrons. The van der Waals surface area contributed by atoms with Gasteiger partial charge in [-0.3, -0.25) is 4.79 Å². The van der Waals surface area contributed by atoms with Crippen molar-refractivity contribution in [3.05, 3.63) is 72.1 Å². The molecule has 0 saturated carbocycles. The Bertz CT molecular complexity index is 875. The van der Waals surface area contributed by atoms with Crippen molar-refractivity contribution in [2.24, 2.45) is 0 Å². The number of nitrogens with zero attached hydrogens (tertiary/aromatic N) is 2. The van der Waals surface area contributed by atoms with E-state index in [0.29, 0.717) is 24.4 Å². The number of amides is 1. The van der Waals surface area contributed by atoms with Crippen molar-refractivity contribution in [3.63, 3.8) is 0 Å². The lowest BCUT2D eigenvalue weighted by Gasteiger charge is -2.06. The molecule has 1 heterocycles. The maximum atomic E-state index is 12.1. The summed E-state index contributed by atoms with van der Waals surface area (Å²) in [6, 6.07) is 15.1. The van der Waals surface area contributed by atoms with Gasteiger partial charge in [-0.2, -0.15) is 0 Å². The zero-order chi connectivity index (χ0) is 18.4. The summed E-state index contributed by atoms with van der Waals surface area (Å²) in [6.07, 6.45) is 5.25. The van der Waals surface area contributed by atoms with Crippen LogP contribution in [-0.4, -0.2) is 21.0 Å². The van der Waals surface area contributed by atoms with Gasteiger partial charge in [-0.1, -0.05) is 43.3 Å². The summed E-state index contributed by atoms with van der Waals surface area (Å²) in [5.41, 5.74) is 3.72. The molecule has 3 aromatic rings. The van der Waals surface area contributed by atoms with E-state index in [9.17, 15) is 9.90 Å². The number of hydrogen-bond donors (Lipinski definition) is 2. The van der Waals surface area contributed by atoms with E-state index < -0.39 is 0 Å². The molecule has 0 unspecified atom stereocenters. The highest BCUT2D eigenvalue weighted by atomic mass is 16.3. The van der Waals surface area contributed by atoms with Crippen molar-refractivity contribution >= 4 is 11.6 Å². The normalized spacial score (nSPS) is 10.5. The summed E-state index contributed by atoms with van der Waals surface area (Å²) < 4.78 is 0. The number of hydrogen-bond acceptors (Lipinski definition) is 4. The first-order valence-electron chi connectivity index (χ1n) is 8.63. The molecule has 0 aliphatic heterocycles. The highest BCUT2D eigenvalue weighted by Gasteiger charge is 2.06. The molecule has 0 aliphatic rings. The van der Waals surface area contributed by atoms with Gasteiger partial charge in [0.05, 0.1) is 18.1 Å². The average Bonchev–Trinajstić information content (AvgIpc) is 2.67. The molecular formula is C21H21N3O2. The second kappa shape index (κ2) is 8.25. The molecule has 3 rings (SSSR count). The fraction of sp³-hybridized carbons (Fsp3) is 0.190. The number of aryl methyl sites for hydroxylation is 2. The Morgan fingerprint density at radius 2 is 1.73 bits per heavy atom. The number of anilines is 1. The van der Waals surface area contributed by atoms with Gasteiger partial charge in [0.2, 0.25) is 5.91 Å². The summed E-state index contributed by atoms with van der Waals surface area (Å²) >= 11 is 0. The SMILES string of the molecule is CCc1ccc(CCC(=O)Nc2cnc(-c3cccc(O)c3)nc2)cc1. The maximum absolute atomic E-state index is 12.1. The molecule has 2 aromatic carbocycles. The monoisotopic (exact) mass is 347 g/mol. The van der Waals surface area contributed by atoms with Crippen molar-refractivity contribution in [2.45, 2.75) is 26.2 Å².